The largest absolute Gasteiger partial charge is 0.493 e. The van der Waals surface area contributed by atoms with Crippen LogP contribution >= 0.6 is 11.6 Å². The van der Waals surface area contributed by atoms with Crippen molar-refractivity contribution in [3.05, 3.63) is 41.4 Å². The van der Waals surface area contributed by atoms with Crippen LogP contribution in [0.15, 0.2) is 36.4 Å². The quantitative estimate of drug-likeness (QED) is 0.838. The topological polar surface area (TPSA) is 56.5 Å². The lowest BCUT2D eigenvalue weighted by atomic mass is 10.2. The van der Waals surface area contributed by atoms with Crippen molar-refractivity contribution in [1.82, 2.24) is 0 Å². The highest BCUT2D eigenvalue weighted by Gasteiger charge is 2.10. The molecule has 0 atom stereocenters. The molecule has 0 spiro atoms. The first-order valence-corrected chi connectivity index (χ1v) is 6.06. The van der Waals surface area contributed by atoms with Crippen molar-refractivity contribution < 1.29 is 9.47 Å². The number of rotatable bonds is 4. The fraction of sp³-hybridized carbons (Fsp3) is 0.143. The van der Waals surface area contributed by atoms with Gasteiger partial charge in [0.25, 0.3) is 0 Å². The minimum atomic E-state index is 0.553. The molecular weight excluding hydrogens is 264 g/mol. The molecule has 3 N–H and O–H groups in total. The summed E-state index contributed by atoms with van der Waals surface area (Å²) in [6.07, 6.45) is 0. The standard InChI is InChI=1S/C14H15ClN2O2/c1-18-13-7-10(16)12(8-14(13)19-2)17-11-6-4-3-5-9(11)15/h3-8,17H,16H2,1-2H3. The van der Waals surface area contributed by atoms with Crippen molar-refractivity contribution >= 4 is 28.7 Å². The zero-order chi connectivity index (χ0) is 13.8. The monoisotopic (exact) mass is 278 g/mol. The van der Waals surface area contributed by atoms with Gasteiger partial charge in [0.1, 0.15) is 0 Å². The molecule has 0 saturated carbocycles. The molecule has 0 radical (unpaired) electrons. The van der Waals surface area contributed by atoms with Crippen LogP contribution in [0.2, 0.25) is 5.02 Å². The Hall–Kier alpha value is -2.07. The molecule has 0 bridgehead atoms. The Kier molecular flexibility index (Phi) is 4.02. The molecule has 0 saturated heterocycles. The van der Waals surface area contributed by atoms with Gasteiger partial charge in [0.15, 0.2) is 11.5 Å². The van der Waals surface area contributed by atoms with Crippen molar-refractivity contribution in [3.63, 3.8) is 0 Å². The fourth-order valence-electron chi connectivity index (χ4n) is 1.71. The number of hydrogen-bond acceptors (Lipinski definition) is 4. The van der Waals surface area contributed by atoms with Gasteiger partial charge in [0.2, 0.25) is 0 Å². The molecule has 4 nitrogen and oxygen atoms in total. The molecule has 0 aliphatic rings. The number of halogens is 1. The second-order valence-corrected chi connectivity index (χ2v) is 4.31. The van der Waals surface area contributed by atoms with Crippen molar-refractivity contribution in [2.75, 3.05) is 25.3 Å². The van der Waals surface area contributed by atoms with E-state index in [2.05, 4.69) is 5.32 Å². The maximum atomic E-state index is 6.10. The minimum absolute atomic E-state index is 0.553. The van der Waals surface area contributed by atoms with E-state index in [-0.39, 0.29) is 0 Å². The molecule has 0 amide bonds. The van der Waals surface area contributed by atoms with E-state index in [1.165, 1.54) is 0 Å². The number of methoxy groups -OCH3 is 2. The van der Waals surface area contributed by atoms with Crippen LogP contribution in [0.4, 0.5) is 17.1 Å². The van der Waals surface area contributed by atoms with E-state index in [1.54, 1.807) is 32.4 Å². The van der Waals surface area contributed by atoms with Crippen LogP contribution in [0.3, 0.4) is 0 Å². The Bertz CT molecular complexity index is 588. The van der Waals surface area contributed by atoms with Crippen molar-refractivity contribution in [3.8, 4) is 11.5 Å². The van der Waals surface area contributed by atoms with Gasteiger partial charge >= 0.3 is 0 Å². The second-order valence-electron chi connectivity index (χ2n) is 3.90. The van der Waals surface area contributed by atoms with Crippen LogP contribution in [0.1, 0.15) is 0 Å². The summed E-state index contributed by atoms with van der Waals surface area (Å²) in [5.41, 5.74) is 8.02. The molecule has 5 heteroatoms. The number of nitrogens with one attached hydrogen (secondary N) is 1. The summed E-state index contributed by atoms with van der Waals surface area (Å²) < 4.78 is 10.4. The summed E-state index contributed by atoms with van der Waals surface area (Å²) in [4.78, 5) is 0. The number of nitrogens with two attached hydrogens (primary N) is 1. The highest BCUT2D eigenvalue weighted by atomic mass is 35.5. The van der Waals surface area contributed by atoms with Gasteiger partial charge in [0, 0.05) is 12.1 Å². The molecule has 2 rings (SSSR count). The van der Waals surface area contributed by atoms with Gasteiger partial charge in [-0.3, -0.25) is 0 Å². The Morgan fingerprint density at radius 3 is 2.26 bits per heavy atom. The van der Waals surface area contributed by atoms with Gasteiger partial charge in [-0.15, -0.1) is 0 Å². The van der Waals surface area contributed by atoms with Gasteiger partial charge in [0.05, 0.1) is 36.3 Å². The SMILES string of the molecule is COc1cc(N)c(Nc2ccccc2Cl)cc1OC. The van der Waals surface area contributed by atoms with Gasteiger partial charge in [-0.25, -0.2) is 0 Å². The first-order chi connectivity index (χ1) is 9.15. The van der Waals surface area contributed by atoms with Crippen molar-refractivity contribution in [2.45, 2.75) is 0 Å². The van der Waals surface area contributed by atoms with Gasteiger partial charge in [-0.2, -0.15) is 0 Å². The third-order valence-corrected chi connectivity index (χ3v) is 3.03. The number of hydrogen-bond donors (Lipinski definition) is 2. The lowest BCUT2D eigenvalue weighted by Crippen LogP contribution is -1.99. The molecule has 0 unspecified atom stereocenters. The Morgan fingerprint density at radius 2 is 1.63 bits per heavy atom. The number of nitrogen functional groups attached to an aromatic ring is 1. The molecule has 2 aromatic carbocycles. The molecular formula is C14H15ClN2O2. The maximum absolute atomic E-state index is 6.10. The Balaban J connectivity index is 2.38. The number of ether oxygens (including phenoxy) is 2. The van der Waals surface area contributed by atoms with Crippen molar-refractivity contribution in [2.24, 2.45) is 0 Å². The van der Waals surface area contributed by atoms with E-state index in [0.717, 1.165) is 5.69 Å². The number of benzene rings is 2. The molecule has 2 aromatic rings. The molecule has 0 aliphatic heterocycles. The van der Waals surface area contributed by atoms with E-state index in [9.17, 15) is 0 Å². The van der Waals surface area contributed by atoms with Crippen LogP contribution < -0.4 is 20.5 Å². The summed E-state index contributed by atoms with van der Waals surface area (Å²) in [5.74, 6) is 1.19. The van der Waals surface area contributed by atoms with Gasteiger partial charge in [-0.05, 0) is 12.1 Å². The highest BCUT2D eigenvalue weighted by Crippen LogP contribution is 2.37. The smallest absolute Gasteiger partial charge is 0.162 e. The summed E-state index contributed by atoms with van der Waals surface area (Å²) in [7, 11) is 3.14. The van der Waals surface area contributed by atoms with Crippen molar-refractivity contribution in [1.29, 1.82) is 0 Å². The molecule has 100 valence electrons. The Labute approximate surface area is 117 Å². The summed E-state index contributed by atoms with van der Waals surface area (Å²) in [5, 5.41) is 3.80. The van der Waals surface area contributed by atoms with E-state index in [0.29, 0.717) is 27.9 Å². The first kappa shape index (κ1) is 13.4. The number of anilines is 3. The zero-order valence-corrected chi connectivity index (χ0v) is 11.5. The molecule has 0 aromatic heterocycles. The molecule has 0 aliphatic carbocycles. The minimum Gasteiger partial charge on any atom is -0.493 e. The van der Waals surface area contributed by atoms with Gasteiger partial charge in [-0.1, -0.05) is 23.7 Å². The normalized spacial score (nSPS) is 10.1. The van der Waals surface area contributed by atoms with E-state index >= 15 is 0 Å². The number of para-hydroxylation sites is 1. The predicted molar refractivity (Wildman–Crippen MR) is 78.7 cm³/mol. The lowest BCUT2D eigenvalue weighted by molar-refractivity contribution is 0.355. The van der Waals surface area contributed by atoms with Crippen LogP contribution in [0, 0.1) is 0 Å². The van der Waals surface area contributed by atoms with Crippen LogP contribution in [-0.2, 0) is 0 Å². The third kappa shape index (κ3) is 2.85. The molecule has 0 fully saturated rings. The summed E-state index contributed by atoms with van der Waals surface area (Å²) in [6, 6.07) is 10.9. The molecule has 0 heterocycles. The second kappa shape index (κ2) is 5.71. The summed E-state index contributed by atoms with van der Waals surface area (Å²) >= 11 is 6.10. The zero-order valence-electron chi connectivity index (χ0n) is 10.7. The Morgan fingerprint density at radius 1 is 1.00 bits per heavy atom. The van der Waals surface area contributed by atoms with Crippen LogP contribution in [0.5, 0.6) is 11.5 Å². The van der Waals surface area contributed by atoms with E-state index in [4.69, 9.17) is 26.8 Å². The third-order valence-electron chi connectivity index (χ3n) is 2.70. The van der Waals surface area contributed by atoms with E-state index < -0.39 is 0 Å². The van der Waals surface area contributed by atoms with Crippen LogP contribution in [-0.4, -0.2) is 14.2 Å². The lowest BCUT2D eigenvalue weighted by Gasteiger charge is -2.14. The highest BCUT2D eigenvalue weighted by molar-refractivity contribution is 6.33. The fourth-order valence-corrected chi connectivity index (χ4v) is 1.89. The maximum Gasteiger partial charge on any atom is 0.162 e. The predicted octanol–water partition coefficient (Wildman–Crippen LogP) is 3.68. The van der Waals surface area contributed by atoms with Gasteiger partial charge < -0.3 is 20.5 Å². The first-order valence-electron chi connectivity index (χ1n) is 5.68. The average molecular weight is 279 g/mol. The van der Waals surface area contributed by atoms with Crippen LogP contribution in [0.25, 0.3) is 0 Å². The summed E-state index contributed by atoms with van der Waals surface area (Å²) in [6.45, 7) is 0. The molecule has 19 heavy (non-hydrogen) atoms. The average Bonchev–Trinajstić information content (AvgIpc) is 2.42. The van der Waals surface area contributed by atoms with E-state index in [1.807, 2.05) is 18.2 Å².